The Morgan fingerprint density at radius 3 is 2.43 bits per heavy atom. The minimum Gasteiger partial charge on any atom is -0.320 e. The Kier molecular flexibility index (Phi) is 3.66. The molecule has 3 aromatic rings. The van der Waals surface area contributed by atoms with Gasteiger partial charge in [-0.1, -0.05) is 54.1 Å². The Morgan fingerprint density at radius 2 is 1.71 bits per heavy atom. The number of benzene rings is 3. The van der Waals surface area contributed by atoms with E-state index in [1.165, 1.54) is 6.07 Å². The maximum absolute atomic E-state index is 13.9. The number of rotatable bonds is 2. The molecule has 0 aliphatic rings. The van der Waals surface area contributed by atoms with E-state index in [0.29, 0.717) is 5.39 Å². The van der Waals surface area contributed by atoms with Gasteiger partial charge in [0.05, 0.1) is 6.04 Å². The van der Waals surface area contributed by atoms with E-state index >= 15 is 0 Å². The Morgan fingerprint density at radius 1 is 1.00 bits per heavy atom. The molecule has 0 heterocycles. The Balaban J connectivity index is 2.15. The standard InChI is InChI=1S/C18H15ClFN/c1-11-10-12(6-8-16(11)19)18(21)15-7-9-17(20)14-5-3-2-4-13(14)15/h2-10,18H,21H2,1H3. The first-order valence-corrected chi connectivity index (χ1v) is 7.14. The number of nitrogens with two attached hydrogens (primary N) is 1. The van der Waals surface area contributed by atoms with Crippen molar-refractivity contribution in [3.8, 4) is 0 Å². The Labute approximate surface area is 128 Å². The highest BCUT2D eigenvalue weighted by molar-refractivity contribution is 6.31. The lowest BCUT2D eigenvalue weighted by Gasteiger charge is -2.16. The minimum atomic E-state index is -0.313. The quantitative estimate of drug-likeness (QED) is 0.709. The molecule has 3 heteroatoms. The van der Waals surface area contributed by atoms with Crippen LogP contribution in [0.3, 0.4) is 0 Å². The maximum atomic E-state index is 13.9. The SMILES string of the molecule is Cc1cc(C(N)c2ccc(F)c3ccccc23)ccc1Cl. The second-order valence-corrected chi connectivity index (χ2v) is 5.58. The zero-order chi connectivity index (χ0) is 15.0. The van der Waals surface area contributed by atoms with E-state index in [-0.39, 0.29) is 11.9 Å². The molecule has 0 fully saturated rings. The van der Waals surface area contributed by atoms with Crippen LogP contribution in [0.2, 0.25) is 5.02 Å². The fourth-order valence-corrected chi connectivity index (χ4v) is 2.72. The van der Waals surface area contributed by atoms with E-state index in [4.69, 9.17) is 17.3 Å². The van der Waals surface area contributed by atoms with Crippen molar-refractivity contribution in [3.05, 3.63) is 82.1 Å². The average Bonchev–Trinajstić information content (AvgIpc) is 2.50. The van der Waals surface area contributed by atoms with Crippen molar-refractivity contribution in [1.29, 1.82) is 0 Å². The summed E-state index contributed by atoms with van der Waals surface area (Å²) < 4.78 is 13.9. The van der Waals surface area contributed by atoms with E-state index in [1.54, 1.807) is 12.1 Å². The van der Waals surface area contributed by atoms with Crippen LogP contribution in [0.1, 0.15) is 22.7 Å². The number of aryl methyl sites for hydroxylation is 1. The summed E-state index contributed by atoms with van der Waals surface area (Å²) in [5, 5.41) is 2.16. The van der Waals surface area contributed by atoms with Gasteiger partial charge >= 0.3 is 0 Å². The van der Waals surface area contributed by atoms with Crippen LogP contribution < -0.4 is 5.73 Å². The zero-order valence-electron chi connectivity index (χ0n) is 11.6. The summed E-state index contributed by atoms with van der Waals surface area (Å²) in [7, 11) is 0. The van der Waals surface area contributed by atoms with Gasteiger partial charge in [-0.25, -0.2) is 4.39 Å². The van der Waals surface area contributed by atoms with E-state index in [0.717, 1.165) is 27.1 Å². The van der Waals surface area contributed by atoms with Gasteiger partial charge in [-0.15, -0.1) is 0 Å². The summed E-state index contributed by atoms with van der Waals surface area (Å²) in [6.45, 7) is 1.95. The summed E-state index contributed by atoms with van der Waals surface area (Å²) >= 11 is 6.06. The van der Waals surface area contributed by atoms with Crippen LogP contribution >= 0.6 is 11.6 Å². The molecule has 0 bridgehead atoms. The molecule has 21 heavy (non-hydrogen) atoms. The van der Waals surface area contributed by atoms with E-state index in [1.807, 2.05) is 43.3 Å². The minimum absolute atomic E-state index is 0.228. The summed E-state index contributed by atoms with van der Waals surface area (Å²) in [6, 6.07) is 16.0. The van der Waals surface area contributed by atoms with Crippen molar-refractivity contribution >= 4 is 22.4 Å². The van der Waals surface area contributed by atoms with Crippen LogP contribution in [0.4, 0.5) is 4.39 Å². The third kappa shape index (κ3) is 2.53. The van der Waals surface area contributed by atoms with E-state index in [9.17, 15) is 4.39 Å². The van der Waals surface area contributed by atoms with Gasteiger partial charge in [0, 0.05) is 10.4 Å². The number of hydrogen-bond donors (Lipinski definition) is 1. The summed E-state index contributed by atoms with van der Waals surface area (Å²) in [5.41, 5.74) is 9.25. The fourth-order valence-electron chi connectivity index (χ4n) is 2.60. The van der Waals surface area contributed by atoms with Gasteiger partial charge in [-0.05, 0) is 41.1 Å². The van der Waals surface area contributed by atoms with Crippen LogP contribution in [-0.2, 0) is 0 Å². The van der Waals surface area contributed by atoms with Crippen molar-refractivity contribution in [2.75, 3.05) is 0 Å². The van der Waals surface area contributed by atoms with Crippen molar-refractivity contribution < 1.29 is 4.39 Å². The third-order valence-corrected chi connectivity index (χ3v) is 4.20. The molecule has 3 aromatic carbocycles. The normalized spacial score (nSPS) is 12.6. The molecule has 1 unspecified atom stereocenters. The van der Waals surface area contributed by atoms with Crippen molar-refractivity contribution in [2.24, 2.45) is 5.73 Å². The molecular weight excluding hydrogens is 285 g/mol. The fraction of sp³-hybridized carbons (Fsp3) is 0.111. The molecule has 0 radical (unpaired) electrons. The molecule has 0 amide bonds. The van der Waals surface area contributed by atoms with Crippen molar-refractivity contribution in [1.82, 2.24) is 0 Å². The lowest BCUT2D eigenvalue weighted by atomic mass is 9.93. The van der Waals surface area contributed by atoms with Crippen LogP contribution in [0.5, 0.6) is 0 Å². The van der Waals surface area contributed by atoms with E-state index in [2.05, 4.69) is 0 Å². The highest BCUT2D eigenvalue weighted by atomic mass is 35.5. The van der Waals surface area contributed by atoms with Gasteiger partial charge in [-0.2, -0.15) is 0 Å². The predicted octanol–water partition coefficient (Wildman–Crippen LogP) is 4.99. The maximum Gasteiger partial charge on any atom is 0.131 e. The summed E-state index contributed by atoms with van der Waals surface area (Å²) in [6.07, 6.45) is 0. The van der Waals surface area contributed by atoms with Crippen molar-refractivity contribution in [3.63, 3.8) is 0 Å². The molecule has 0 saturated heterocycles. The molecule has 0 aromatic heterocycles. The molecule has 0 saturated carbocycles. The first kappa shape index (κ1) is 14.1. The van der Waals surface area contributed by atoms with Gasteiger partial charge in [0.2, 0.25) is 0 Å². The highest BCUT2D eigenvalue weighted by Gasteiger charge is 2.14. The van der Waals surface area contributed by atoms with Gasteiger partial charge < -0.3 is 5.73 Å². The van der Waals surface area contributed by atoms with Gasteiger partial charge in [0.25, 0.3) is 0 Å². The molecule has 3 rings (SSSR count). The highest BCUT2D eigenvalue weighted by Crippen LogP contribution is 2.30. The molecular formula is C18H15ClFN. The molecule has 0 aliphatic heterocycles. The largest absolute Gasteiger partial charge is 0.320 e. The number of halogens is 2. The molecule has 2 N–H and O–H groups in total. The Bertz CT molecular complexity index is 813. The van der Waals surface area contributed by atoms with Crippen LogP contribution in [0, 0.1) is 12.7 Å². The first-order chi connectivity index (χ1) is 10.1. The average molecular weight is 300 g/mol. The lowest BCUT2D eigenvalue weighted by Crippen LogP contribution is -2.12. The molecule has 0 spiro atoms. The van der Waals surface area contributed by atoms with Crippen LogP contribution in [0.25, 0.3) is 10.8 Å². The topological polar surface area (TPSA) is 26.0 Å². The monoisotopic (exact) mass is 299 g/mol. The smallest absolute Gasteiger partial charge is 0.131 e. The van der Waals surface area contributed by atoms with Crippen LogP contribution in [0.15, 0.2) is 54.6 Å². The predicted molar refractivity (Wildman–Crippen MR) is 86.1 cm³/mol. The second kappa shape index (κ2) is 5.47. The molecule has 1 nitrogen and oxygen atoms in total. The number of hydrogen-bond acceptors (Lipinski definition) is 1. The lowest BCUT2D eigenvalue weighted by molar-refractivity contribution is 0.639. The molecule has 0 aliphatic carbocycles. The molecule has 106 valence electrons. The van der Waals surface area contributed by atoms with Crippen LogP contribution in [-0.4, -0.2) is 0 Å². The second-order valence-electron chi connectivity index (χ2n) is 5.17. The first-order valence-electron chi connectivity index (χ1n) is 6.76. The van der Waals surface area contributed by atoms with Gasteiger partial charge in [0.15, 0.2) is 0 Å². The number of fused-ring (bicyclic) bond motifs is 1. The van der Waals surface area contributed by atoms with Crippen molar-refractivity contribution in [2.45, 2.75) is 13.0 Å². The summed E-state index contributed by atoms with van der Waals surface area (Å²) in [4.78, 5) is 0. The van der Waals surface area contributed by atoms with E-state index < -0.39 is 0 Å². The summed E-state index contributed by atoms with van der Waals surface area (Å²) in [5.74, 6) is -0.228. The van der Waals surface area contributed by atoms with Gasteiger partial charge in [0.1, 0.15) is 5.82 Å². The Hall–Kier alpha value is -1.90. The van der Waals surface area contributed by atoms with Gasteiger partial charge in [-0.3, -0.25) is 0 Å². The zero-order valence-corrected chi connectivity index (χ0v) is 12.4. The molecule has 1 atom stereocenters. The third-order valence-electron chi connectivity index (χ3n) is 3.78.